The van der Waals surface area contributed by atoms with Crippen molar-refractivity contribution in [3.63, 3.8) is 0 Å². The van der Waals surface area contributed by atoms with E-state index in [1.54, 1.807) is 30.1 Å². The Balaban J connectivity index is 1.82. The first kappa shape index (κ1) is 13.9. The van der Waals surface area contributed by atoms with Crippen molar-refractivity contribution < 1.29 is 5.11 Å². The lowest BCUT2D eigenvalue weighted by Gasteiger charge is -2.27. The number of phenols is 1. The summed E-state index contributed by atoms with van der Waals surface area (Å²) in [6.45, 7) is 0.920. The molecule has 22 heavy (non-hydrogen) atoms. The minimum absolute atomic E-state index is 0.0569. The van der Waals surface area contributed by atoms with Gasteiger partial charge in [-0.3, -0.25) is 9.98 Å². The number of hydrogen-bond acceptors (Lipinski definition) is 5. The zero-order valence-corrected chi connectivity index (χ0v) is 13.3. The summed E-state index contributed by atoms with van der Waals surface area (Å²) in [5.41, 5.74) is 1.72. The quantitative estimate of drug-likeness (QED) is 0.912. The van der Waals surface area contributed by atoms with Crippen molar-refractivity contribution in [1.82, 2.24) is 9.88 Å². The number of phenolic OH excluding ortho intramolecular Hbond substituents is 1. The van der Waals surface area contributed by atoms with Crippen molar-refractivity contribution in [2.24, 2.45) is 4.99 Å². The van der Waals surface area contributed by atoms with Gasteiger partial charge in [0.1, 0.15) is 11.8 Å². The number of aromatic hydroxyl groups is 1. The SMILES string of the molecule is Oc1ccc(Cl)cc1C1C(c2ccccn2)N=C2SCCN21. The summed E-state index contributed by atoms with van der Waals surface area (Å²) in [7, 11) is 0. The van der Waals surface area contributed by atoms with Gasteiger partial charge < -0.3 is 10.0 Å². The first-order valence-electron chi connectivity index (χ1n) is 7.10. The second-order valence-electron chi connectivity index (χ2n) is 5.30. The second kappa shape index (κ2) is 5.48. The van der Waals surface area contributed by atoms with E-state index in [0.717, 1.165) is 28.7 Å². The molecule has 2 aliphatic heterocycles. The minimum atomic E-state index is -0.117. The van der Waals surface area contributed by atoms with Gasteiger partial charge in [-0.15, -0.1) is 0 Å². The van der Waals surface area contributed by atoms with Crippen molar-refractivity contribution in [3.8, 4) is 5.75 Å². The smallest absolute Gasteiger partial charge is 0.160 e. The average molecular weight is 332 g/mol. The van der Waals surface area contributed by atoms with Crippen LogP contribution in [-0.2, 0) is 0 Å². The van der Waals surface area contributed by atoms with Crippen molar-refractivity contribution in [3.05, 3.63) is 58.9 Å². The van der Waals surface area contributed by atoms with Gasteiger partial charge in [0.15, 0.2) is 5.17 Å². The summed E-state index contributed by atoms with van der Waals surface area (Å²) < 4.78 is 0. The molecular formula is C16H14ClN3OS. The third-order valence-corrected chi connectivity index (χ3v) is 5.21. The molecule has 4 rings (SSSR count). The molecule has 112 valence electrons. The van der Waals surface area contributed by atoms with Gasteiger partial charge in [0, 0.05) is 29.1 Å². The van der Waals surface area contributed by atoms with Crippen molar-refractivity contribution >= 4 is 28.5 Å². The Labute approximate surface area is 137 Å². The third-order valence-electron chi connectivity index (χ3n) is 3.99. The molecule has 2 aromatic rings. The number of aromatic nitrogens is 1. The van der Waals surface area contributed by atoms with E-state index in [1.807, 2.05) is 24.3 Å². The molecular weight excluding hydrogens is 318 g/mol. The molecule has 1 aromatic heterocycles. The lowest BCUT2D eigenvalue weighted by molar-refractivity contribution is 0.321. The van der Waals surface area contributed by atoms with Crippen LogP contribution in [0.2, 0.25) is 5.02 Å². The number of aliphatic imine (C=N–C) groups is 1. The van der Waals surface area contributed by atoms with Crippen LogP contribution < -0.4 is 0 Å². The van der Waals surface area contributed by atoms with Gasteiger partial charge in [0.25, 0.3) is 0 Å². The van der Waals surface area contributed by atoms with E-state index in [4.69, 9.17) is 16.6 Å². The van der Waals surface area contributed by atoms with Crippen molar-refractivity contribution in [2.75, 3.05) is 12.3 Å². The number of halogens is 1. The summed E-state index contributed by atoms with van der Waals surface area (Å²) in [6.07, 6.45) is 1.78. The van der Waals surface area contributed by atoms with Gasteiger partial charge >= 0.3 is 0 Å². The van der Waals surface area contributed by atoms with E-state index in [0.29, 0.717) is 5.02 Å². The molecule has 1 saturated heterocycles. The van der Waals surface area contributed by atoms with Crippen LogP contribution in [0.3, 0.4) is 0 Å². The number of benzene rings is 1. The van der Waals surface area contributed by atoms with Crippen LogP contribution >= 0.6 is 23.4 Å². The standard InChI is InChI=1S/C16H14ClN3OS/c17-10-4-5-13(21)11(9-10)15-14(12-3-1-2-6-18-12)19-16-20(15)7-8-22-16/h1-6,9,14-15,21H,7-8H2. The van der Waals surface area contributed by atoms with E-state index >= 15 is 0 Å². The van der Waals surface area contributed by atoms with E-state index in [9.17, 15) is 5.11 Å². The molecule has 1 aromatic carbocycles. The fraction of sp³-hybridized carbons (Fsp3) is 0.250. The molecule has 0 aliphatic carbocycles. The van der Waals surface area contributed by atoms with Gasteiger partial charge in [-0.2, -0.15) is 0 Å². The minimum Gasteiger partial charge on any atom is -0.508 e. The molecule has 3 heterocycles. The number of rotatable bonds is 2. The first-order valence-corrected chi connectivity index (χ1v) is 8.47. The maximum atomic E-state index is 10.3. The van der Waals surface area contributed by atoms with Crippen LogP contribution in [0.4, 0.5) is 0 Å². The van der Waals surface area contributed by atoms with Crippen LogP contribution in [0, 0.1) is 0 Å². The Morgan fingerprint density at radius 2 is 2.18 bits per heavy atom. The Morgan fingerprint density at radius 1 is 1.27 bits per heavy atom. The Hall–Kier alpha value is -1.72. The summed E-state index contributed by atoms with van der Waals surface area (Å²) >= 11 is 7.90. The zero-order chi connectivity index (χ0) is 15.1. The lowest BCUT2D eigenvalue weighted by Crippen LogP contribution is -2.27. The van der Waals surface area contributed by atoms with Crippen LogP contribution in [0.1, 0.15) is 23.3 Å². The lowest BCUT2D eigenvalue weighted by atomic mass is 9.96. The summed E-state index contributed by atoms with van der Waals surface area (Å²) in [4.78, 5) is 11.5. The Kier molecular flexibility index (Phi) is 3.47. The molecule has 2 unspecified atom stereocenters. The van der Waals surface area contributed by atoms with Crippen molar-refractivity contribution in [1.29, 1.82) is 0 Å². The van der Waals surface area contributed by atoms with Gasteiger partial charge in [0.2, 0.25) is 0 Å². The average Bonchev–Trinajstić information content (AvgIpc) is 3.11. The number of hydrogen-bond donors (Lipinski definition) is 1. The number of amidine groups is 1. The summed E-state index contributed by atoms with van der Waals surface area (Å²) in [5, 5.41) is 12.0. The second-order valence-corrected chi connectivity index (χ2v) is 6.80. The van der Waals surface area contributed by atoms with Crippen LogP contribution in [0.25, 0.3) is 0 Å². The van der Waals surface area contributed by atoms with E-state index in [1.165, 1.54) is 0 Å². The van der Waals surface area contributed by atoms with Crippen LogP contribution in [-0.4, -0.2) is 32.5 Å². The normalized spacial score (nSPS) is 23.5. The molecule has 1 N–H and O–H groups in total. The monoisotopic (exact) mass is 331 g/mol. The highest BCUT2D eigenvalue weighted by molar-refractivity contribution is 8.14. The number of thioether (sulfide) groups is 1. The first-order chi connectivity index (χ1) is 10.7. The van der Waals surface area contributed by atoms with Gasteiger partial charge in [-0.25, -0.2) is 0 Å². The summed E-state index contributed by atoms with van der Waals surface area (Å²) in [5.74, 6) is 1.27. The maximum Gasteiger partial charge on any atom is 0.160 e. The maximum absolute atomic E-state index is 10.3. The van der Waals surface area contributed by atoms with E-state index < -0.39 is 0 Å². The van der Waals surface area contributed by atoms with Gasteiger partial charge in [-0.1, -0.05) is 29.4 Å². The van der Waals surface area contributed by atoms with Gasteiger partial charge in [-0.05, 0) is 30.3 Å². The predicted molar refractivity (Wildman–Crippen MR) is 89.4 cm³/mol. The zero-order valence-electron chi connectivity index (χ0n) is 11.7. The Bertz CT molecular complexity index is 737. The highest BCUT2D eigenvalue weighted by atomic mass is 35.5. The molecule has 2 aliphatic rings. The molecule has 2 atom stereocenters. The molecule has 4 nitrogen and oxygen atoms in total. The molecule has 1 fully saturated rings. The molecule has 0 saturated carbocycles. The number of fused-ring (bicyclic) bond motifs is 1. The van der Waals surface area contributed by atoms with E-state index in [2.05, 4.69) is 9.88 Å². The van der Waals surface area contributed by atoms with E-state index in [-0.39, 0.29) is 17.8 Å². The Morgan fingerprint density at radius 3 is 3.00 bits per heavy atom. The predicted octanol–water partition coefficient (Wildman–Crippen LogP) is 3.64. The number of pyridine rings is 1. The molecule has 0 spiro atoms. The van der Waals surface area contributed by atoms with Crippen LogP contribution in [0.5, 0.6) is 5.75 Å². The molecule has 6 heteroatoms. The molecule has 0 bridgehead atoms. The molecule has 0 amide bonds. The summed E-state index contributed by atoms with van der Waals surface area (Å²) in [6, 6.07) is 10.9. The number of nitrogens with zero attached hydrogens (tertiary/aromatic N) is 3. The highest BCUT2D eigenvalue weighted by Crippen LogP contribution is 2.48. The van der Waals surface area contributed by atoms with Gasteiger partial charge in [0.05, 0.1) is 11.7 Å². The molecule has 0 radical (unpaired) electrons. The topological polar surface area (TPSA) is 48.7 Å². The fourth-order valence-electron chi connectivity index (χ4n) is 3.02. The van der Waals surface area contributed by atoms with Crippen molar-refractivity contribution in [2.45, 2.75) is 12.1 Å². The third kappa shape index (κ3) is 2.25. The largest absolute Gasteiger partial charge is 0.508 e. The van der Waals surface area contributed by atoms with Crippen LogP contribution in [0.15, 0.2) is 47.6 Å². The highest BCUT2D eigenvalue weighted by Gasteiger charge is 2.42. The fourth-order valence-corrected chi connectivity index (χ4v) is 4.23.